The number of nitrogens with one attached hydrogen (secondary N) is 2. The number of aromatic carboxylic acids is 1. The van der Waals surface area contributed by atoms with Crippen LogP contribution in [0.5, 0.6) is 0 Å². The van der Waals surface area contributed by atoms with Crippen LogP contribution in [0.3, 0.4) is 0 Å². The molecule has 1 amide bonds. The minimum Gasteiger partial charge on any atom is -0.478 e. The third kappa shape index (κ3) is 2.10. The van der Waals surface area contributed by atoms with Crippen LogP contribution in [0.25, 0.3) is 22.6 Å². The Labute approximate surface area is 131 Å². The molecule has 0 aliphatic carbocycles. The lowest BCUT2D eigenvalue weighted by atomic mass is 10.0. The van der Waals surface area contributed by atoms with E-state index in [9.17, 15) is 9.59 Å². The second-order valence-electron chi connectivity index (χ2n) is 5.37. The molecule has 3 N–H and O–H groups in total. The first-order valence-corrected chi connectivity index (χ1v) is 7.10. The molecule has 0 atom stereocenters. The minimum absolute atomic E-state index is 0.157. The Balaban J connectivity index is 1.88. The number of para-hydroxylation sites is 1. The van der Waals surface area contributed by atoms with E-state index in [-0.39, 0.29) is 11.5 Å². The van der Waals surface area contributed by atoms with Crippen LogP contribution in [0.4, 0.5) is 5.69 Å². The lowest BCUT2D eigenvalue weighted by Crippen LogP contribution is -2.03. The van der Waals surface area contributed by atoms with Crippen molar-refractivity contribution in [2.75, 3.05) is 5.32 Å². The zero-order valence-electron chi connectivity index (χ0n) is 12.0. The number of hydrogen-bond acceptors (Lipinski definition) is 2. The summed E-state index contributed by atoms with van der Waals surface area (Å²) in [6.45, 7) is 0. The molecule has 1 aromatic heterocycles. The highest BCUT2D eigenvalue weighted by Gasteiger charge is 2.25. The zero-order chi connectivity index (χ0) is 16.0. The van der Waals surface area contributed by atoms with Gasteiger partial charge in [0.15, 0.2) is 0 Å². The van der Waals surface area contributed by atoms with Gasteiger partial charge in [-0.2, -0.15) is 0 Å². The van der Waals surface area contributed by atoms with E-state index >= 15 is 0 Å². The van der Waals surface area contributed by atoms with Gasteiger partial charge in [-0.1, -0.05) is 18.2 Å². The number of benzene rings is 2. The topological polar surface area (TPSA) is 82.2 Å². The summed E-state index contributed by atoms with van der Waals surface area (Å²) >= 11 is 0. The third-order valence-corrected chi connectivity index (χ3v) is 3.97. The molecule has 1 aliphatic rings. The first kappa shape index (κ1) is 13.3. The van der Waals surface area contributed by atoms with Crippen molar-refractivity contribution in [3.05, 3.63) is 65.4 Å². The maximum absolute atomic E-state index is 12.2. The lowest BCUT2D eigenvalue weighted by Gasteiger charge is -2.00. The van der Waals surface area contributed by atoms with Crippen LogP contribution < -0.4 is 5.32 Å². The van der Waals surface area contributed by atoms with Gasteiger partial charge in [-0.05, 0) is 30.3 Å². The summed E-state index contributed by atoms with van der Waals surface area (Å²) in [7, 11) is 0. The summed E-state index contributed by atoms with van der Waals surface area (Å²) in [6.07, 6.45) is 3.62. The summed E-state index contributed by atoms with van der Waals surface area (Å²) in [6, 6.07) is 12.4. The smallest absolute Gasteiger partial charge is 0.335 e. The van der Waals surface area contributed by atoms with Crippen LogP contribution in [0.15, 0.2) is 48.7 Å². The number of aromatic nitrogens is 1. The summed E-state index contributed by atoms with van der Waals surface area (Å²) in [5.74, 6) is -1.24. The number of fused-ring (bicyclic) bond motifs is 2. The van der Waals surface area contributed by atoms with Gasteiger partial charge in [0.1, 0.15) is 0 Å². The molecule has 0 radical (unpaired) electrons. The fourth-order valence-corrected chi connectivity index (χ4v) is 2.83. The van der Waals surface area contributed by atoms with Crippen LogP contribution >= 0.6 is 0 Å². The molecule has 5 heteroatoms. The molecule has 1 aliphatic heterocycles. The van der Waals surface area contributed by atoms with E-state index in [1.807, 2.05) is 30.5 Å². The van der Waals surface area contributed by atoms with Crippen LogP contribution in [-0.4, -0.2) is 22.0 Å². The van der Waals surface area contributed by atoms with Gasteiger partial charge < -0.3 is 15.4 Å². The van der Waals surface area contributed by atoms with E-state index in [2.05, 4.69) is 10.3 Å². The molecule has 2 heterocycles. The maximum Gasteiger partial charge on any atom is 0.335 e. The van der Waals surface area contributed by atoms with Gasteiger partial charge in [0.25, 0.3) is 5.91 Å². The molecule has 0 saturated heterocycles. The molecular formula is C18H12N2O3. The summed E-state index contributed by atoms with van der Waals surface area (Å²) in [5.41, 5.74) is 3.74. The Morgan fingerprint density at radius 3 is 2.78 bits per heavy atom. The molecule has 0 unspecified atom stereocenters. The van der Waals surface area contributed by atoms with E-state index in [0.29, 0.717) is 16.8 Å². The van der Waals surface area contributed by atoms with E-state index in [1.54, 1.807) is 12.1 Å². The summed E-state index contributed by atoms with van der Waals surface area (Å²) in [4.78, 5) is 26.5. The zero-order valence-corrected chi connectivity index (χ0v) is 12.0. The average Bonchev–Trinajstić information content (AvgIpc) is 3.09. The number of anilines is 1. The fraction of sp³-hybridized carbons (Fsp3) is 0. The number of carboxylic acids is 1. The van der Waals surface area contributed by atoms with Crippen LogP contribution in [0.2, 0.25) is 0 Å². The number of carbonyl (C=O) groups is 2. The SMILES string of the molecule is O=C1Nc2ccc(C(=O)O)cc2/C1=C/c1c[nH]c2ccccc12. The van der Waals surface area contributed by atoms with E-state index in [0.717, 1.165) is 16.5 Å². The van der Waals surface area contributed by atoms with Crippen LogP contribution in [0, 0.1) is 0 Å². The predicted molar refractivity (Wildman–Crippen MR) is 88.2 cm³/mol. The van der Waals surface area contributed by atoms with Crippen molar-refractivity contribution in [1.82, 2.24) is 4.98 Å². The van der Waals surface area contributed by atoms with Crippen molar-refractivity contribution >= 4 is 40.1 Å². The Morgan fingerprint density at radius 1 is 1.13 bits per heavy atom. The van der Waals surface area contributed by atoms with Gasteiger partial charge >= 0.3 is 5.97 Å². The Morgan fingerprint density at radius 2 is 1.96 bits per heavy atom. The van der Waals surface area contributed by atoms with Crippen molar-refractivity contribution in [2.45, 2.75) is 0 Å². The second kappa shape index (κ2) is 4.84. The van der Waals surface area contributed by atoms with Crippen molar-refractivity contribution in [2.24, 2.45) is 0 Å². The normalized spacial score (nSPS) is 15.0. The molecule has 2 aromatic carbocycles. The lowest BCUT2D eigenvalue weighted by molar-refractivity contribution is -0.110. The molecule has 3 aromatic rings. The Kier molecular flexibility index (Phi) is 2.81. The summed E-state index contributed by atoms with van der Waals surface area (Å²) in [5, 5.41) is 12.9. The number of amides is 1. The quantitative estimate of drug-likeness (QED) is 0.635. The molecule has 112 valence electrons. The highest BCUT2D eigenvalue weighted by molar-refractivity contribution is 6.35. The highest BCUT2D eigenvalue weighted by Crippen LogP contribution is 2.34. The number of carboxylic acid groups (broad SMARTS) is 1. The molecule has 0 bridgehead atoms. The van der Waals surface area contributed by atoms with Crippen LogP contribution in [-0.2, 0) is 4.79 Å². The minimum atomic E-state index is -1.02. The van der Waals surface area contributed by atoms with Gasteiger partial charge in [-0.15, -0.1) is 0 Å². The Hall–Kier alpha value is -3.34. The number of H-pyrrole nitrogens is 1. The fourth-order valence-electron chi connectivity index (χ4n) is 2.83. The number of hydrogen-bond donors (Lipinski definition) is 3. The standard InChI is InChI=1S/C18H12N2O3/c21-17-14(8-11-9-19-15-4-2-1-3-12(11)15)13-7-10(18(22)23)5-6-16(13)20-17/h1-9,19H,(H,20,21)(H,22,23)/b14-8-. The molecule has 5 nitrogen and oxygen atoms in total. The Bertz CT molecular complexity index is 998. The first-order valence-electron chi connectivity index (χ1n) is 7.10. The van der Waals surface area contributed by atoms with Gasteiger partial charge in [0.05, 0.1) is 5.56 Å². The molecule has 23 heavy (non-hydrogen) atoms. The highest BCUT2D eigenvalue weighted by atomic mass is 16.4. The molecule has 0 saturated carbocycles. The molecule has 4 rings (SSSR count). The molecular weight excluding hydrogens is 292 g/mol. The van der Waals surface area contributed by atoms with Crippen molar-refractivity contribution in [3.63, 3.8) is 0 Å². The second-order valence-corrected chi connectivity index (χ2v) is 5.37. The van der Waals surface area contributed by atoms with E-state index < -0.39 is 5.97 Å². The van der Waals surface area contributed by atoms with E-state index in [4.69, 9.17) is 5.11 Å². The number of rotatable bonds is 2. The van der Waals surface area contributed by atoms with Crippen LogP contribution in [0.1, 0.15) is 21.5 Å². The largest absolute Gasteiger partial charge is 0.478 e. The first-order chi connectivity index (χ1) is 11.1. The van der Waals surface area contributed by atoms with Gasteiger partial charge in [-0.25, -0.2) is 4.79 Å². The maximum atomic E-state index is 12.2. The van der Waals surface area contributed by atoms with Gasteiger partial charge in [-0.3, -0.25) is 4.79 Å². The monoisotopic (exact) mass is 304 g/mol. The van der Waals surface area contributed by atoms with Gasteiger partial charge in [0, 0.05) is 39.5 Å². The van der Waals surface area contributed by atoms with Crippen molar-refractivity contribution in [1.29, 1.82) is 0 Å². The summed E-state index contributed by atoms with van der Waals surface area (Å²) < 4.78 is 0. The third-order valence-electron chi connectivity index (χ3n) is 3.97. The van der Waals surface area contributed by atoms with E-state index in [1.165, 1.54) is 12.1 Å². The van der Waals surface area contributed by atoms with Crippen molar-refractivity contribution in [3.8, 4) is 0 Å². The predicted octanol–water partition coefficient (Wildman–Crippen LogP) is 3.36. The number of aromatic amines is 1. The van der Waals surface area contributed by atoms with Gasteiger partial charge in [0.2, 0.25) is 0 Å². The average molecular weight is 304 g/mol. The number of carbonyl (C=O) groups excluding carboxylic acids is 1. The molecule has 0 spiro atoms. The van der Waals surface area contributed by atoms with Crippen molar-refractivity contribution < 1.29 is 14.7 Å². The molecule has 0 fully saturated rings.